The standard InChI is InChI=1S/C26H30FN5O3/c1-14-7-17(19-5-6-30-24-22(19)18(9-28)10-31-24)8-20(27)23(14)26(35)15(2)11-32(12-16(26)3)25(34)21(13-33)29-4/h5-8,10,15-16,21,29,33,35H,11-13H2,1-4H3,(H,30,31)/t15-,16+,21-,26?/m0/s1. The fourth-order valence-corrected chi connectivity index (χ4v) is 5.48. The summed E-state index contributed by atoms with van der Waals surface area (Å²) < 4.78 is 15.8. The van der Waals surface area contributed by atoms with Crippen LogP contribution in [0.2, 0.25) is 0 Å². The second-order valence-corrected chi connectivity index (χ2v) is 9.44. The predicted octanol–water partition coefficient (Wildman–Crippen LogP) is 2.43. The Balaban J connectivity index is 1.74. The molecule has 1 amide bonds. The number of hydrogen-bond donors (Lipinski definition) is 4. The maximum Gasteiger partial charge on any atom is 0.242 e. The first kappa shape index (κ1) is 24.8. The van der Waals surface area contributed by atoms with E-state index in [2.05, 4.69) is 21.4 Å². The Labute approximate surface area is 203 Å². The summed E-state index contributed by atoms with van der Waals surface area (Å²) in [4.78, 5) is 21.6. The third kappa shape index (κ3) is 3.97. The molecule has 3 aromatic rings. The number of hydrogen-bond acceptors (Lipinski definition) is 6. The molecule has 184 valence electrons. The second kappa shape index (κ2) is 9.38. The number of benzene rings is 1. The fourth-order valence-electron chi connectivity index (χ4n) is 5.48. The van der Waals surface area contributed by atoms with Crippen molar-refractivity contribution in [3.8, 4) is 17.2 Å². The molecule has 1 fully saturated rings. The third-order valence-electron chi connectivity index (χ3n) is 7.32. The van der Waals surface area contributed by atoms with Crippen molar-refractivity contribution in [2.75, 3.05) is 26.7 Å². The minimum Gasteiger partial charge on any atom is -0.394 e. The molecule has 1 unspecified atom stereocenters. The van der Waals surface area contributed by atoms with Gasteiger partial charge in [-0.25, -0.2) is 9.37 Å². The van der Waals surface area contributed by atoms with Gasteiger partial charge in [-0.1, -0.05) is 19.9 Å². The van der Waals surface area contributed by atoms with Gasteiger partial charge in [0.1, 0.15) is 29.2 Å². The second-order valence-electron chi connectivity index (χ2n) is 9.44. The average molecular weight is 480 g/mol. The smallest absolute Gasteiger partial charge is 0.242 e. The van der Waals surface area contributed by atoms with Crippen LogP contribution in [0.25, 0.3) is 22.2 Å². The van der Waals surface area contributed by atoms with Crippen molar-refractivity contribution in [1.29, 1.82) is 5.26 Å². The summed E-state index contributed by atoms with van der Waals surface area (Å²) in [6.45, 7) is 5.52. The van der Waals surface area contributed by atoms with Crippen LogP contribution in [0.15, 0.2) is 30.6 Å². The molecule has 1 aliphatic heterocycles. The molecule has 35 heavy (non-hydrogen) atoms. The molecule has 0 spiro atoms. The van der Waals surface area contributed by atoms with E-state index in [1.807, 2.05) is 19.9 Å². The van der Waals surface area contributed by atoms with E-state index >= 15 is 4.39 Å². The molecule has 9 heteroatoms. The number of H-pyrrole nitrogens is 1. The largest absolute Gasteiger partial charge is 0.394 e. The highest BCUT2D eigenvalue weighted by Gasteiger charge is 2.49. The van der Waals surface area contributed by atoms with E-state index in [4.69, 9.17) is 0 Å². The number of likely N-dealkylation sites (N-methyl/N-ethyl adjacent to an activating group) is 1. The van der Waals surface area contributed by atoms with Crippen molar-refractivity contribution in [3.05, 3.63) is 53.1 Å². The van der Waals surface area contributed by atoms with Crippen molar-refractivity contribution in [1.82, 2.24) is 20.2 Å². The van der Waals surface area contributed by atoms with Crippen LogP contribution in [0.1, 0.15) is 30.5 Å². The number of aliphatic hydroxyl groups is 2. The van der Waals surface area contributed by atoms with Crippen LogP contribution in [-0.2, 0) is 10.4 Å². The number of aliphatic hydroxyl groups excluding tert-OH is 1. The van der Waals surface area contributed by atoms with E-state index in [0.29, 0.717) is 33.3 Å². The summed E-state index contributed by atoms with van der Waals surface area (Å²) in [6, 6.07) is 6.38. The number of likely N-dealkylation sites (tertiary alicyclic amines) is 1. The quantitative estimate of drug-likeness (QED) is 0.445. The number of rotatable bonds is 5. The van der Waals surface area contributed by atoms with E-state index in [1.165, 1.54) is 6.07 Å². The number of amides is 1. The topological polar surface area (TPSA) is 125 Å². The number of nitrogens with one attached hydrogen (secondary N) is 2. The molecule has 1 saturated heterocycles. The van der Waals surface area contributed by atoms with Crippen LogP contribution in [0.5, 0.6) is 0 Å². The molecule has 4 N–H and O–H groups in total. The summed E-state index contributed by atoms with van der Waals surface area (Å²) in [5.41, 5.74) is 1.55. The number of aromatic amines is 1. The van der Waals surface area contributed by atoms with Crippen LogP contribution in [0.3, 0.4) is 0 Å². The minimum atomic E-state index is -1.49. The van der Waals surface area contributed by atoms with Crippen molar-refractivity contribution in [3.63, 3.8) is 0 Å². The van der Waals surface area contributed by atoms with Gasteiger partial charge in [-0.3, -0.25) is 4.79 Å². The van der Waals surface area contributed by atoms with Crippen molar-refractivity contribution in [2.24, 2.45) is 11.8 Å². The number of carbonyl (C=O) groups excluding carboxylic acids is 1. The molecular weight excluding hydrogens is 449 g/mol. The zero-order valence-electron chi connectivity index (χ0n) is 20.3. The summed E-state index contributed by atoms with van der Waals surface area (Å²) in [7, 11) is 1.61. The van der Waals surface area contributed by atoms with E-state index < -0.39 is 29.3 Å². The van der Waals surface area contributed by atoms with Gasteiger partial charge in [-0.2, -0.15) is 5.26 Å². The zero-order chi connectivity index (χ0) is 25.5. The Hall–Kier alpha value is -3.32. The molecule has 2 aromatic heterocycles. The van der Waals surface area contributed by atoms with Gasteiger partial charge in [0.2, 0.25) is 5.91 Å². The Morgan fingerprint density at radius 2 is 2.09 bits per heavy atom. The van der Waals surface area contributed by atoms with Crippen molar-refractivity contribution in [2.45, 2.75) is 32.4 Å². The highest BCUT2D eigenvalue weighted by Crippen LogP contribution is 2.45. The number of piperidine rings is 1. The Kier molecular flexibility index (Phi) is 6.64. The monoisotopic (exact) mass is 479 g/mol. The van der Waals surface area contributed by atoms with Gasteiger partial charge in [0.15, 0.2) is 0 Å². The predicted molar refractivity (Wildman–Crippen MR) is 130 cm³/mol. The molecule has 0 radical (unpaired) electrons. The first-order valence-corrected chi connectivity index (χ1v) is 11.6. The maximum absolute atomic E-state index is 15.8. The summed E-state index contributed by atoms with van der Waals surface area (Å²) in [6.07, 6.45) is 3.18. The highest BCUT2D eigenvalue weighted by molar-refractivity contribution is 5.97. The van der Waals surface area contributed by atoms with Crippen molar-refractivity contribution >= 4 is 16.9 Å². The number of fused-ring (bicyclic) bond motifs is 1. The molecule has 3 heterocycles. The molecule has 1 aliphatic rings. The van der Waals surface area contributed by atoms with Crippen LogP contribution < -0.4 is 5.32 Å². The van der Waals surface area contributed by atoms with Crippen molar-refractivity contribution < 1.29 is 19.4 Å². The zero-order valence-corrected chi connectivity index (χ0v) is 20.3. The minimum absolute atomic E-state index is 0.223. The molecule has 0 bridgehead atoms. The summed E-state index contributed by atoms with van der Waals surface area (Å²) in [5, 5.41) is 34.3. The molecule has 0 aliphatic carbocycles. The Morgan fingerprint density at radius 3 is 2.66 bits per heavy atom. The van der Waals surface area contributed by atoms with E-state index in [0.717, 1.165) is 0 Å². The van der Waals surface area contributed by atoms with Gasteiger partial charge in [0.05, 0.1) is 12.2 Å². The van der Waals surface area contributed by atoms with Gasteiger partial charge in [-0.15, -0.1) is 0 Å². The molecule has 0 saturated carbocycles. The molecule has 8 nitrogen and oxygen atoms in total. The number of aryl methyl sites for hydroxylation is 1. The number of pyridine rings is 1. The Bertz CT molecular complexity index is 1280. The Morgan fingerprint density at radius 1 is 1.40 bits per heavy atom. The molecular formula is C26H30FN5O3. The van der Waals surface area contributed by atoms with E-state index in [9.17, 15) is 20.3 Å². The fraction of sp³-hybridized carbons (Fsp3) is 0.423. The molecule has 4 atom stereocenters. The first-order chi connectivity index (χ1) is 16.7. The van der Waals surface area contributed by atoms with Gasteiger partial charge in [0.25, 0.3) is 0 Å². The van der Waals surface area contributed by atoms with Gasteiger partial charge >= 0.3 is 0 Å². The van der Waals surface area contributed by atoms with Gasteiger partial charge in [0, 0.05) is 48.3 Å². The number of carbonyl (C=O) groups is 1. The van der Waals surface area contributed by atoms with Crippen LogP contribution in [0, 0.1) is 35.9 Å². The van der Waals surface area contributed by atoms with Gasteiger partial charge in [-0.05, 0) is 42.8 Å². The van der Waals surface area contributed by atoms with Crippen LogP contribution in [-0.4, -0.2) is 63.8 Å². The molecule has 4 rings (SSSR count). The number of nitrogens with zero attached hydrogens (tertiary/aromatic N) is 3. The summed E-state index contributed by atoms with van der Waals surface area (Å²) >= 11 is 0. The SMILES string of the molecule is CN[C@@H](CO)C(=O)N1C[C@@H](C)C(O)(c2c(C)cc(-c3ccnc4[nH]cc(C#N)c34)cc2F)[C@@H](C)C1. The number of nitriles is 1. The van der Waals surface area contributed by atoms with Gasteiger partial charge < -0.3 is 25.4 Å². The average Bonchev–Trinajstić information content (AvgIpc) is 3.26. The lowest BCUT2D eigenvalue weighted by Gasteiger charge is -2.49. The number of halogens is 1. The summed E-state index contributed by atoms with van der Waals surface area (Å²) in [5.74, 6) is -1.69. The first-order valence-electron chi connectivity index (χ1n) is 11.6. The lowest BCUT2D eigenvalue weighted by atomic mass is 9.69. The van der Waals surface area contributed by atoms with Crippen LogP contribution >= 0.6 is 0 Å². The van der Waals surface area contributed by atoms with E-state index in [-0.39, 0.29) is 31.2 Å². The third-order valence-corrected chi connectivity index (χ3v) is 7.32. The normalized spacial score (nSPS) is 23.3. The lowest BCUT2D eigenvalue weighted by molar-refractivity contribution is -0.152. The van der Waals surface area contributed by atoms with E-state index in [1.54, 1.807) is 37.3 Å². The maximum atomic E-state index is 15.8. The highest BCUT2D eigenvalue weighted by atomic mass is 19.1. The van der Waals surface area contributed by atoms with Crippen LogP contribution in [0.4, 0.5) is 4.39 Å². The molecule has 1 aromatic carbocycles. The number of aromatic nitrogens is 2. The lowest BCUT2D eigenvalue weighted by Crippen LogP contribution is -2.59.